The zero-order valence-electron chi connectivity index (χ0n) is 18.6. The molecule has 0 bridgehead atoms. The van der Waals surface area contributed by atoms with Crippen LogP contribution in [0, 0.1) is 11.7 Å². The number of ether oxygens (including phenoxy) is 2. The SMILES string of the molecule is COc1ccc(C(=O)C2C(=O)C(=O)N(CCC[NH+]3CCOCC3)C2c2ccccc2F)cc1. The molecule has 1 N–H and O–H groups in total. The fourth-order valence-corrected chi connectivity index (χ4v) is 4.63. The number of hydrogen-bond donors (Lipinski definition) is 1. The van der Waals surface area contributed by atoms with Crippen molar-refractivity contribution in [2.24, 2.45) is 5.92 Å². The lowest BCUT2D eigenvalue weighted by Gasteiger charge is -2.29. The van der Waals surface area contributed by atoms with Crippen LogP contribution < -0.4 is 9.64 Å². The first-order valence-electron chi connectivity index (χ1n) is 11.2. The molecule has 2 aliphatic heterocycles. The van der Waals surface area contributed by atoms with Gasteiger partial charge in [-0.15, -0.1) is 0 Å². The van der Waals surface area contributed by atoms with Crippen molar-refractivity contribution in [3.8, 4) is 5.75 Å². The number of amides is 1. The summed E-state index contributed by atoms with van der Waals surface area (Å²) in [5.74, 6) is -3.28. The molecule has 7 nitrogen and oxygen atoms in total. The summed E-state index contributed by atoms with van der Waals surface area (Å²) in [6.45, 7) is 4.27. The van der Waals surface area contributed by atoms with Gasteiger partial charge in [0.05, 0.1) is 32.9 Å². The maximum atomic E-state index is 14.8. The van der Waals surface area contributed by atoms with E-state index in [1.807, 2.05) is 0 Å². The molecule has 4 rings (SSSR count). The molecule has 2 fully saturated rings. The quantitative estimate of drug-likeness (QED) is 0.366. The van der Waals surface area contributed by atoms with Crippen LogP contribution in [0.2, 0.25) is 0 Å². The van der Waals surface area contributed by atoms with Gasteiger partial charge in [-0.05, 0) is 30.3 Å². The van der Waals surface area contributed by atoms with Crippen LogP contribution in [-0.4, -0.2) is 68.9 Å². The number of rotatable bonds is 8. The predicted octanol–water partition coefficient (Wildman–Crippen LogP) is 1.09. The number of carbonyl (C=O) groups excluding carboxylic acids is 3. The van der Waals surface area contributed by atoms with Crippen molar-refractivity contribution in [3.63, 3.8) is 0 Å². The number of benzene rings is 2. The second-order valence-electron chi connectivity index (χ2n) is 8.37. The molecule has 0 aliphatic carbocycles. The molecule has 2 aromatic carbocycles. The van der Waals surface area contributed by atoms with Gasteiger partial charge in [-0.25, -0.2) is 4.39 Å². The molecule has 1 amide bonds. The molecule has 174 valence electrons. The number of Topliss-reactive ketones (excluding diaryl/α,β-unsaturated/α-hetero) is 2. The number of likely N-dealkylation sites (tertiary alicyclic amines) is 1. The highest BCUT2D eigenvalue weighted by atomic mass is 19.1. The topological polar surface area (TPSA) is 77.4 Å². The van der Waals surface area contributed by atoms with E-state index in [-0.39, 0.29) is 17.7 Å². The van der Waals surface area contributed by atoms with Crippen molar-refractivity contribution < 1.29 is 33.1 Å². The van der Waals surface area contributed by atoms with Crippen molar-refractivity contribution >= 4 is 17.5 Å². The first kappa shape index (κ1) is 23.1. The van der Waals surface area contributed by atoms with Gasteiger partial charge in [0.25, 0.3) is 5.91 Å². The van der Waals surface area contributed by atoms with Crippen LogP contribution in [0.15, 0.2) is 48.5 Å². The van der Waals surface area contributed by atoms with Gasteiger partial charge in [-0.3, -0.25) is 14.4 Å². The Balaban J connectivity index is 1.61. The Morgan fingerprint density at radius 1 is 1.12 bits per heavy atom. The minimum Gasteiger partial charge on any atom is -0.497 e. The molecular formula is C25H28FN2O5+. The van der Waals surface area contributed by atoms with Gasteiger partial charge in [-0.2, -0.15) is 0 Å². The summed E-state index contributed by atoms with van der Waals surface area (Å²) in [5.41, 5.74) is 0.463. The molecule has 0 saturated carbocycles. The summed E-state index contributed by atoms with van der Waals surface area (Å²) in [6, 6.07) is 11.4. The third-order valence-electron chi connectivity index (χ3n) is 6.42. The molecule has 33 heavy (non-hydrogen) atoms. The lowest BCUT2D eigenvalue weighted by molar-refractivity contribution is -0.908. The molecule has 2 atom stereocenters. The van der Waals surface area contributed by atoms with Crippen LogP contribution in [0.4, 0.5) is 4.39 Å². The first-order valence-corrected chi connectivity index (χ1v) is 11.2. The van der Waals surface area contributed by atoms with Crippen LogP contribution in [0.5, 0.6) is 5.75 Å². The average Bonchev–Trinajstić information content (AvgIpc) is 3.09. The highest BCUT2D eigenvalue weighted by molar-refractivity contribution is 6.44. The maximum absolute atomic E-state index is 14.8. The van der Waals surface area contributed by atoms with Crippen molar-refractivity contribution in [3.05, 3.63) is 65.5 Å². The number of morpholine rings is 1. The number of ketones is 2. The summed E-state index contributed by atoms with van der Waals surface area (Å²) in [5, 5.41) is 0. The normalized spacial score (nSPS) is 21.5. The van der Waals surface area contributed by atoms with Crippen LogP contribution in [0.1, 0.15) is 28.4 Å². The largest absolute Gasteiger partial charge is 0.497 e. The summed E-state index contributed by atoms with van der Waals surface area (Å²) in [6.07, 6.45) is 0.642. The van der Waals surface area contributed by atoms with Crippen LogP contribution in [-0.2, 0) is 14.3 Å². The Hall–Kier alpha value is -3.10. The fraction of sp³-hybridized carbons (Fsp3) is 0.400. The molecule has 0 radical (unpaired) electrons. The van der Waals surface area contributed by atoms with E-state index in [1.54, 1.807) is 42.5 Å². The molecule has 2 aliphatic rings. The number of nitrogens with one attached hydrogen (secondary N) is 1. The average molecular weight is 456 g/mol. The Morgan fingerprint density at radius 2 is 1.82 bits per heavy atom. The van der Waals surface area contributed by atoms with Crippen molar-refractivity contribution in [1.82, 2.24) is 4.90 Å². The molecule has 0 spiro atoms. The van der Waals surface area contributed by atoms with E-state index >= 15 is 0 Å². The maximum Gasteiger partial charge on any atom is 0.291 e. The van der Waals surface area contributed by atoms with E-state index in [4.69, 9.17) is 9.47 Å². The van der Waals surface area contributed by atoms with Gasteiger partial charge >= 0.3 is 0 Å². The number of halogens is 1. The highest BCUT2D eigenvalue weighted by Gasteiger charge is 2.52. The van der Waals surface area contributed by atoms with Gasteiger partial charge in [0.15, 0.2) is 5.78 Å². The Bertz CT molecular complexity index is 1020. The fourth-order valence-electron chi connectivity index (χ4n) is 4.63. The third-order valence-corrected chi connectivity index (χ3v) is 6.42. The van der Waals surface area contributed by atoms with Crippen molar-refractivity contribution in [1.29, 1.82) is 0 Å². The zero-order valence-corrected chi connectivity index (χ0v) is 18.6. The van der Waals surface area contributed by atoms with Gasteiger partial charge in [0.2, 0.25) is 5.78 Å². The second kappa shape index (κ2) is 10.2. The summed E-state index contributed by atoms with van der Waals surface area (Å²) in [4.78, 5) is 42.1. The molecule has 0 aromatic heterocycles. The Morgan fingerprint density at radius 3 is 2.48 bits per heavy atom. The van der Waals surface area contributed by atoms with Crippen LogP contribution in [0.25, 0.3) is 0 Å². The van der Waals surface area contributed by atoms with E-state index in [0.717, 1.165) is 19.6 Å². The van der Waals surface area contributed by atoms with Gasteiger partial charge in [0.1, 0.15) is 30.6 Å². The first-order chi connectivity index (χ1) is 16.0. The van der Waals surface area contributed by atoms with E-state index in [0.29, 0.717) is 25.4 Å². The monoisotopic (exact) mass is 455 g/mol. The second-order valence-corrected chi connectivity index (χ2v) is 8.37. The number of carbonyl (C=O) groups is 3. The standard InChI is InChI=1S/C25H27FN2O5/c1-32-18-9-7-17(8-10-18)23(29)21-22(19-5-2-3-6-20(19)26)28(25(31)24(21)30)12-4-11-27-13-15-33-16-14-27/h2-3,5-10,21-22H,4,11-16H2,1H3/p+1. The molecule has 2 aromatic rings. The Labute approximate surface area is 192 Å². The van der Waals surface area contributed by atoms with Crippen molar-refractivity contribution in [2.45, 2.75) is 12.5 Å². The number of nitrogens with zero attached hydrogens (tertiary/aromatic N) is 1. The summed E-state index contributed by atoms with van der Waals surface area (Å²) >= 11 is 0. The van der Waals surface area contributed by atoms with E-state index in [9.17, 15) is 18.8 Å². The molecule has 8 heteroatoms. The smallest absolute Gasteiger partial charge is 0.291 e. The number of quaternary nitrogens is 1. The van der Waals surface area contributed by atoms with Gasteiger partial charge < -0.3 is 19.3 Å². The van der Waals surface area contributed by atoms with Gasteiger partial charge in [0, 0.05) is 24.1 Å². The molecule has 2 heterocycles. The Kier molecular flexibility index (Phi) is 7.15. The summed E-state index contributed by atoms with van der Waals surface area (Å²) in [7, 11) is 1.51. The highest BCUT2D eigenvalue weighted by Crippen LogP contribution is 2.39. The predicted molar refractivity (Wildman–Crippen MR) is 118 cm³/mol. The molecule has 2 unspecified atom stereocenters. The zero-order chi connectivity index (χ0) is 23.4. The number of methoxy groups -OCH3 is 1. The van der Waals surface area contributed by atoms with E-state index < -0.39 is 35.3 Å². The molecular weight excluding hydrogens is 427 g/mol. The minimum absolute atomic E-state index is 0.183. The minimum atomic E-state index is -1.29. The van der Waals surface area contributed by atoms with E-state index in [2.05, 4.69) is 0 Å². The van der Waals surface area contributed by atoms with Crippen LogP contribution in [0.3, 0.4) is 0 Å². The summed E-state index contributed by atoms with van der Waals surface area (Å²) < 4.78 is 25.3. The number of hydrogen-bond acceptors (Lipinski definition) is 5. The van der Waals surface area contributed by atoms with Crippen LogP contribution >= 0.6 is 0 Å². The lowest BCUT2D eigenvalue weighted by atomic mass is 9.86. The van der Waals surface area contributed by atoms with E-state index in [1.165, 1.54) is 23.0 Å². The van der Waals surface area contributed by atoms with Gasteiger partial charge in [-0.1, -0.05) is 18.2 Å². The molecule has 2 saturated heterocycles. The lowest BCUT2D eigenvalue weighted by Crippen LogP contribution is -3.14. The van der Waals surface area contributed by atoms with Crippen molar-refractivity contribution in [2.75, 3.05) is 46.5 Å². The third kappa shape index (κ3) is 4.82.